The summed E-state index contributed by atoms with van der Waals surface area (Å²) in [5.41, 5.74) is -1.27. The molecule has 40 heavy (non-hydrogen) atoms. The molecule has 1 aromatic heterocycles. The maximum absolute atomic E-state index is 13.3. The number of benzene rings is 2. The Morgan fingerprint density at radius 3 is 2.23 bits per heavy atom. The first-order valence-electron chi connectivity index (χ1n) is 11.2. The van der Waals surface area contributed by atoms with Gasteiger partial charge in [-0.1, -0.05) is 29.3 Å². The summed E-state index contributed by atoms with van der Waals surface area (Å²) in [5.74, 6) is -4.52. The largest absolute Gasteiger partial charge is 0.497 e. The van der Waals surface area contributed by atoms with E-state index in [2.05, 4.69) is 14.8 Å². The second kappa shape index (κ2) is 12.4. The van der Waals surface area contributed by atoms with Crippen LogP contribution in [-0.4, -0.2) is 41.6 Å². The van der Waals surface area contributed by atoms with E-state index in [4.69, 9.17) is 37.4 Å². The van der Waals surface area contributed by atoms with Crippen molar-refractivity contribution in [3.8, 4) is 17.4 Å². The first-order chi connectivity index (χ1) is 18.7. The highest BCUT2D eigenvalue weighted by Gasteiger charge is 2.44. The van der Waals surface area contributed by atoms with Gasteiger partial charge in [0.1, 0.15) is 18.1 Å². The van der Waals surface area contributed by atoms with E-state index in [-0.39, 0.29) is 35.1 Å². The zero-order valence-electron chi connectivity index (χ0n) is 21.0. The van der Waals surface area contributed by atoms with Gasteiger partial charge in [-0.15, -0.1) is 0 Å². The van der Waals surface area contributed by atoms with E-state index in [1.54, 1.807) is 18.2 Å². The van der Waals surface area contributed by atoms with Crippen molar-refractivity contribution >= 4 is 40.9 Å². The van der Waals surface area contributed by atoms with Crippen molar-refractivity contribution < 1.29 is 51.5 Å². The highest BCUT2D eigenvalue weighted by molar-refractivity contribution is 6.35. The molecule has 9 nitrogen and oxygen atoms in total. The zero-order chi connectivity index (χ0) is 29.7. The molecule has 0 saturated carbocycles. The first-order valence-corrected chi connectivity index (χ1v) is 11.9. The van der Waals surface area contributed by atoms with Crippen LogP contribution >= 0.6 is 23.2 Å². The van der Waals surface area contributed by atoms with Gasteiger partial charge in [-0.05, 0) is 44.2 Å². The third-order valence-electron chi connectivity index (χ3n) is 5.10. The van der Waals surface area contributed by atoms with Crippen molar-refractivity contribution in [3.63, 3.8) is 0 Å². The van der Waals surface area contributed by atoms with Crippen LogP contribution in [0.5, 0.6) is 17.4 Å². The molecule has 0 amide bonds. The molecule has 0 spiro atoms. The molecule has 0 aliphatic carbocycles. The standard InChI is InChI=1S/C26H20Cl2F3NO8/c1-25(2,23(34)39-40-24(35)26(29,30)31)38-20-11-17(36-3)7-8-18(20)22(33)14-5-9-21(32-12-14)37-13-15-4-6-16(27)10-19(15)28/h4-12H,13H2,1-3H3. The topological polar surface area (TPSA) is 110 Å². The van der Waals surface area contributed by atoms with Gasteiger partial charge >= 0.3 is 18.1 Å². The molecular formula is C26H20Cl2F3NO8. The van der Waals surface area contributed by atoms with Gasteiger partial charge in [0.15, 0.2) is 5.78 Å². The quantitative estimate of drug-likeness (QED) is 0.167. The van der Waals surface area contributed by atoms with E-state index >= 15 is 0 Å². The lowest BCUT2D eigenvalue weighted by Crippen LogP contribution is -2.41. The Hall–Kier alpha value is -4.03. The minimum atomic E-state index is -5.38. The number of nitrogens with zero attached hydrogens (tertiary/aromatic N) is 1. The lowest BCUT2D eigenvalue weighted by molar-refractivity contribution is -0.291. The van der Waals surface area contributed by atoms with Crippen molar-refractivity contribution in [1.29, 1.82) is 0 Å². The van der Waals surface area contributed by atoms with Crippen molar-refractivity contribution in [2.24, 2.45) is 0 Å². The highest BCUT2D eigenvalue weighted by atomic mass is 35.5. The Labute approximate surface area is 235 Å². The molecule has 3 aromatic rings. The number of methoxy groups -OCH3 is 1. The van der Waals surface area contributed by atoms with Crippen molar-refractivity contribution in [1.82, 2.24) is 4.98 Å². The summed E-state index contributed by atoms with van der Waals surface area (Å²) >= 11 is 12.0. The SMILES string of the molecule is COc1ccc(C(=O)c2ccc(OCc3ccc(Cl)cc3Cl)nc2)c(OC(C)(C)C(=O)OOC(=O)C(F)(F)F)c1. The Balaban J connectivity index is 1.76. The lowest BCUT2D eigenvalue weighted by atomic mass is 10.0. The Morgan fingerprint density at radius 2 is 1.62 bits per heavy atom. The van der Waals surface area contributed by atoms with Gasteiger partial charge in [-0.3, -0.25) is 4.79 Å². The average Bonchev–Trinajstić information content (AvgIpc) is 2.90. The highest BCUT2D eigenvalue weighted by Crippen LogP contribution is 2.31. The predicted octanol–water partition coefficient (Wildman–Crippen LogP) is 5.93. The summed E-state index contributed by atoms with van der Waals surface area (Å²) in [6.45, 7) is 2.35. The number of rotatable bonds is 9. The number of halogens is 5. The number of carbonyl (C=O) groups excluding carboxylic acids is 3. The summed E-state index contributed by atoms with van der Waals surface area (Å²) in [4.78, 5) is 48.1. The van der Waals surface area contributed by atoms with Gasteiger partial charge in [-0.2, -0.15) is 13.2 Å². The molecule has 3 rings (SSSR count). The Morgan fingerprint density at radius 1 is 0.925 bits per heavy atom. The monoisotopic (exact) mass is 601 g/mol. The van der Waals surface area contributed by atoms with Crippen LogP contribution in [0.2, 0.25) is 10.0 Å². The molecular weight excluding hydrogens is 582 g/mol. The summed E-state index contributed by atoms with van der Waals surface area (Å²) in [5, 5.41) is 0.887. The van der Waals surface area contributed by atoms with Crippen molar-refractivity contribution in [2.75, 3.05) is 7.11 Å². The fourth-order valence-corrected chi connectivity index (χ4v) is 3.45. The smallest absolute Gasteiger partial charge is 0.495 e. The number of ketones is 1. The molecule has 0 aliphatic heterocycles. The van der Waals surface area contributed by atoms with Crippen LogP contribution in [0.4, 0.5) is 13.2 Å². The number of ether oxygens (including phenoxy) is 3. The second-order valence-corrected chi connectivity index (χ2v) is 9.30. The van der Waals surface area contributed by atoms with Gasteiger partial charge in [0, 0.05) is 39.5 Å². The van der Waals surface area contributed by atoms with E-state index < -0.39 is 29.5 Å². The number of carbonyl (C=O) groups is 3. The molecule has 0 N–H and O–H groups in total. The molecule has 0 fully saturated rings. The summed E-state index contributed by atoms with van der Waals surface area (Å²) < 4.78 is 53.4. The van der Waals surface area contributed by atoms with Crippen LogP contribution in [0.25, 0.3) is 0 Å². The lowest BCUT2D eigenvalue weighted by Gasteiger charge is -2.24. The van der Waals surface area contributed by atoms with Crippen LogP contribution in [0.15, 0.2) is 54.7 Å². The van der Waals surface area contributed by atoms with Crippen LogP contribution < -0.4 is 14.2 Å². The van der Waals surface area contributed by atoms with E-state index in [9.17, 15) is 27.6 Å². The van der Waals surface area contributed by atoms with Crippen LogP contribution in [0, 0.1) is 0 Å². The van der Waals surface area contributed by atoms with Crippen molar-refractivity contribution in [2.45, 2.75) is 32.2 Å². The van der Waals surface area contributed by atoms with E-state index in [1.807, 2.05) is 0 Å². The number of hydrogen-bond donors (Lipinski definition) is 0. The maximum atomic E-state index is 13.3. The van der Waals surface area contributed by atoms with Gasteiger partial charge in [0.05, 0.1) is 12.7 Å². The molecule has 14 heteroatoms. The van der Waals surface area contributed by atoms with Crippen LogP contribution in [0.3, 0.4) is 0 Å². The number of aromatic nitrogens is 1. The maximum Gasteiger partial charge on any atom is 0.495 e. The Bertz CT molecular complexity index is 1410. The van der Waals surface area contributed by atoms with Crippen molar-refractivity contribution in [3.05, 3.63) is 81.5 Å². The minimum Gasteiger partial charge on any atom is -0.497 e. The third-order valence-corrected chi connectivity index (χ3v) is 5.69. The van der Waals surface area contributed by atoms with Crippen LogP contribution in [-0.2, 0) is 26.0 Å². The Kier molecular flexibility index (Phi) is 9.48. The van der Waals surface area contributed by atoms with Gasteiger partial charge in [-0.25, -0.2) is 24.3 Å². The molecule has 0 radical (unpaired) electrons. The second-order valence-electron chi connectivity index (χ2n) is 8.45. The molecule has 0 saturated heterocycles. The number of hydrogen-bond acceptors (Lipinski definition) is 9. The van der Waals surface area contributed by atoms with Gasteiger partial charge < -0.3 is 14.2 Å². The first kappa shape index (κ1) is 30.5. The summed E-state index contributed by atoms with van der Waals surface area (Å²) in [7, 11) is 1.34. The van der Waals surface area contributed by atoms with Gasteiger partial charge in [0.25, 0.3) is 0 Å². The number of pyridine rings is 1. The molecule has 0 unspecified atom stereocenters. The molecule has 0 atom stereocenters. The van der Waals surface area contributed by atoms with Crippen LogP contribution in [0.1, 0.15) is 35.3 Å². The zero-order valence-corrected chi connectivity index (χ0v) is 22.5. The fourth-order valence-electron chi connectivity index (χ4n) is 2.99. The summed E-state index contributed by atoms with van der Waals surface area (Å²) in [6, 6.07) is 11.9. The minimum absolute atomic E-state index is 0.0441. The van der Waals surface area contributed by atoms with E-state index in [0.717, 1.165) is 13.8 Å². The average molecular weight is 602 g/mol. The van der Waals surface area contributed by atoms with E-state index in [0.29, 0.717) is 15.6 Å². The molecule has 0 aliphatic rings. The molecule has 0 bridgehead atoms. The number of alkyl halides is 3. The third kappa shape index (κ3) is 7.76. The normalized spacial score (nSPS) is 11.4. The predicted molar refractivity (Wildman–Crippen MR) is 134 cm³/mol. The molecule has 212 valence electrons. The summed E-state index contributed by atoms with van der Waals surface area (Å²) in [6.07, 6.45) is -4.12. The fraction of sp³-hybridized carbons (Fsp3) is 0.231. The molecule has 1 heterocycles. The van der Waals surface area contributed by atoms with E-state index in [1.165, 1.54) is 43.6 Å². The van der Waals surface area contributed by atoms with Gasteiger partial charge in [0.2, 0.25) is 11.5 Å². The molecule has 2 aromatic carbocycles.